The summed E-state index contributed by atoms with van der Waals surface area (Å²) in [5.41, 5.74) is 1.90. The predicted molar refractivity (Wildman–Crippen MR) is 121 cm³/mol. The number of nitrogens with one attached hydrogen (secondary N) is 1. The maximum atomic E-state index is 13.4. The molecule has 1 atom stereocenters. The van der Waals surface area contributed by atoms with Crippen LogP contribution in [-0.2, 0) is 24.0 Å². The zero-order valence-electron chi connectivity index (χ0n) is 20.0. The number of nitrogens with zero attached hydrogens (tertiary/aromatic N) is 4. The molecule has 0 unspecified atom stereocenters. The maximum Gasteiger partial charge on any atom is 0.416 e. The van der Waals surface area contributed by atoms with E-state index in [2.05, 4.69) is 15.3 Å². The Morgan fingerprint density at radius 3 is 2.53 bits per heavy atom. The van der Waals surface area contributed by atoms with Crippen molar-refractivity contribution in [3.05, 3.63) is 58.0 Å². The molecule has 182 valence electrons. The molecule has 0 saturated carbocycles. The normalized spacial score (nSPS) is 14.9. The third kappa shape index (κ3) is 4.41. The Labute approximate surface area is 196 Å². The van der Waals surface area contributed by atoms with E-state index in [1.165, 1.54) is 13.0 Å². The molecule has 1 aliphatic rings. The summed E-state index contributed by atoms with van der Waals surface area (Å²) in [4.78, 5) is 23.3. The smallest absolute Gasteiger partial charge is 0.416 e. The number of fused-ring (bicyclic) bond motifs is 3. The van der Waals surface area contributed by atoms with E-state index in [0.29, 0.717) is 23.7 Å². The Morgan fingerprint density at radius 2 is 1.88 bits per heavy atom. The fraction of sp³-hybridized carbons (Fsp3) is 0.458. The Balaban J connectivity index is 1.71. The number of alkyl halides is 3. The third-order valence-corrected chi connectivity index (χ3v) is 5.88. The molecule has 3 heterocycles. The van der Waals surface area contributed by atoms with Crippen LogP contribution in [0.15, 0.2) is 24.4 Å². The number of ether oxygens (including phenoxy) is 1. The molecule has 0 saturated heterocycles. The summed E-state index contributed by atoms with van der Waals surface area (Å²) in [5.74, 6) is 0.946. The zero-order valence-corrected chi connectivity index (χ0v) is 20.0. The number of benzene rings is 1. The predicted octanol–water partition coefficient (Wildman–Crippen LogP) is 5.79. The average Bonchev–Trinajstić information content (AvgIpc) is 3.30. The molecule has 0 fully saturated rings. The highest BCUT2D eigenvalue weighted by Gasteiger charge is 2.35. The molecule has 1 amide bonds. The molecular formula is C24H28F3N5O2. The number of aryl methyl sites for hydroxylation is 1. The van der Waals surface area contributed by atoms with E-state index in [1.54, 1.807) is 44.9 Å². The summed E-state index contributed by atoms with van der Waals surface area (Å²) >= 11 is 0. The first-order valence-corrected chi connectivity index (χ1v) is 11.0. The lowest BCUT2D eigenvalue weighted by Crippen LogP contribution is -2.33. The number of rotatable bonds is 3. The molecule has 0 bridgehead atoms. The average molecular weight is 476 g/mol. The third-order valence-electron chi connectivity index (χ3n) is 5.88. The van der Waals surface area contributed by atoms with Gasteiger partial charge in [0.2, 0.25) is 5.78 Å². The van der Waals surface area contributed by atoms with E-state index in [9.17, 15) is 18.0 Å². The van der Waals surface area contributed by atoms with Crippen molar-refractivity contribution in [3.63, 3.8) is 0 Å². The van der Waals surface area contributed by atoms with Gasteiger partial charge >= 0.3 is 12.3 Å². The van der Waals surface area contributed by atoms with Crippen LogP contribution < -0.4 is 5.32 Å². The Morgan fingerprint density at radius 1 is 1.18 bits per heavy atom. The van der Waals surface area contributed by atoms with Crippen molar-refractivity contribution < 1.29 is 22.7 Å². The fourth-order valence-corrected chi connectivity index (χ4v) is 4.32. The summed E-state index contributed by atoms with van der Waals surface area (Å²) in [6.45, 7) is 11.2. The first kappa shape index (κ1) is 23.8. The summed E-state index contributed by atoms with van der Waals surface area (Å²) < 4.78 is 47.7. The van der Waals surface area contributed by atoms with Gasteiger partial charge in [-0.15, -0.1) is 0 Å². The van der Waals surface area contributed by atoms with Crippen molar-refractivity contribution in [3.8, 4) is 0 Å². The highest BCUT2D eigenvalue weighted by atomic mass is 19.4. The molecule has 1 aromatic carbocycles. The van der Waals surface area contributed by atoms with Crippen molar-refractivity contribution in [2.75, 3.05) is 5.32 Å². The molecule has 34 heavy (non-hydrogen) atoms. The van der Waals surface area contributed by atoms with Crippen molar-refractivity contribution >= 4 is 17.7 Å². The molecule has 10 heteroatoms. The Bertz CT molecular complexity index is 1260. The minimum atomic E-state index is -4.43. The van der Waals surface area contributed by atoms with Crippen LogP contribution in [0, 0.1) is 13.8 Å². The van der Waals surface area contributed by atoms with E-state index in [1.807, 2.05) is 11.3 Å². The highest BCUT2D eigenvalue weighted by Crippen LogP contribution is 2.36. The molecule has 1 N–H and O–H groups in total. The van der Waals surface area contributed by atoms with Crippen LogP contribution in [0.25, 0.3) is 5.78 Å². The van der Waals surface area contributed by atoms with Crippen molar-refractivity contribution in [1.82, 2.24) is 19.3 Å². The van der Waals surface area contributed by atoms with Gasteiger partial charge in [-0.05, 0) is 58.7 Å². The van der Waals surface area contributed by atoms with Crippen LogP contribution in [0.4, 0.5) is 23.8 Å². The number of carbonyl (C=O) groups excluding carboxylic acids is 1. The number of carbonyl (C=O) groups is 1. The number of imidazole rings is 1. The first-order chi connectivity index (χ1) is 15.8. The Hall–Kier alpha value is -3.30. The second kappa shape index (κ2) is 8.18. The minimum absolute atomic E-state index is 0.166. The maximum absolute atomic E-state index is 13.4. The Kier molecular flexibility index (Phi) is 5.73. The van der Waals surface area contributed by atoms with Crippen molar-refractivity contribution in [2.45, 2.75) is 72.5 Å². The number of anilines is 1. The highest BCUT2D eigenvalue weighted by molar-refractivity contribution is 5.70. The standard InChI is InChI=1S/C24H28F3N5O2/c1-13-10-28-21-30-20(29-15(3)16-8-7-9-18(14(16)2)24(25,26)27)17-11-31(12-19(17)32(13)21)22(33)34-23(4,5)6/h7-10,15H,11-12H2,1-6H3,(H,28,29,30)/t15-/m1/s1. The molecule has 7 nitrogen and oxygen atoms in total. The van der Waals surface area contributed by atoms with Crippen LogP contribution in [0.1, 0.15) is 67.4 Å². The topological polar surface area (TPSA) is 71.8 Å². The van der Waals surface area contributed by atoms with Gasteiger partial charge in [0.05, 0.1) is 36.6 Å². The zero-order chi connectivity index (χ0) is 25.0. The number of amides is 1. The summed E-state index contributed by atoms with van der Waals surface area (Å²) in [5, 5.41) is 3.28. The SMILES string of the molecule is Cc1c([C@@H](C)Nc2nc3ncc(C)n3c3c2CN(C(=O)OC(C)(C)C)C3)cccc1C(F)(F)F. The van der Waals surface area contributed by atoms with Crippen LogP contribution in [0.2, 0.25) is 0 Å². The lowest BCUT2D eigenvalue weighted by molar-refractivity contribution is -0.138. The molecule has 2 aromatic heterocycles. The number of halogens is 3. The lowest BCUT2D eigenvalue weighted by atomic mass is 9.97. The second-order valence-electron chi connectivity index (χ2n) is 9.64. The summed E-state index contributed by atoms with van der Waals surface area (Å²) in [6, 6.07) is 3.70. The van der Waals surface area contributed by atoms with Gasteiger partial charge in [-0.3, -0.25) is 9.30 Å². The van der Waals surface area contributed by atoms with Gasteiger partial charge in [-0.25, -0.2) is 9.78 Å². The van der Waals surface area contributed by atoms with Gasteiger partial charge < -0.3 is 10.1 Å². The van der Waals surface area contributed by atoms with Crippen LogP contribution in [0.3, 0.4) is 0 Å². The second-order valence-corrected chi connectivity index (χ2v) is 9.64. The van der Waals surface area contributed by atoms with E-state index in [0.717, 1.165) is 23.0 Å². The monoisotopic (exact) mass is 475 g/mol. The quantitative estimate of drug-likeness (QED) is 0.519. The van der Waals surface area contributed by atoms with E-state index < -0.39 is 29.5 Å². The van der Waals surface area contributed by atoms with Gasteiger partial charge in [-0.2, -0.15) is 18.2 Å². The minimum Gasteiger partial charge on any atom is -0.444 e. The van der Waals surface area contributed by atoms with Crippen molar-refractivity contribution in [2.24, 2.45) is 0 Å². The molecule has 0 spiro atoms. The number of aromatic nitrogens is 3. The van der Waals surface area contributed by atoms with E-state index >= 15 is 0 Å². The van der Waals surface area contributed by atoms with Gasteiger partial charge in [0.1, 0.15) is 11.4 Å². The van der Waals surface area contributed by atoms with Gasteiger partial charge in [-0.1, -0.05) is 12.1 Å². The molecule has 0 radical (unpaired) electrons. The van der Waals surface area contributed by atoms with Crippen LogP contribution in [0.5, 0.6) is 0 Å². The van der Waals surface area contributed by atoms with Crippen LogP contribution in [-0.4, -0.2) is 31.0 Å². The molecule has 4 rings (SSSR count). The fourth-order valence-electron chi connectivity index (χ4n) is 4.32. The summed E-state index contributed by atoms with van der Waals surface area (Å²) in [6.07, 6.45) is -3.18. The lowest BCUT2D eigenvalue weighted by Gasteiger charge is -2.24. The molecule has 1 aliphatic heterocycles. The molecule has 0 aliphatic carbocycles. The van der Waals surface area contributed by atoms with Crippen LogP contribution >= 0.6 is 0 Å². The van der Waals surface area contributed by atoms with Crippen molar-refractivity contribution in [1.29, 1.82) is 0 Å². The molecular weight excluding hydrogens is 447 g/mol. The van der Waals surface area contributed by atoms with Gasteiger partial charge in [0.15, 0.2) is 0 Å². The largest absolute Gasteiger partial charge is 0.444 e. The van der Waals surface area contributed by atoms with Gasteiger partial charge in [0.25, 0.3) is 0 Å². The summed E-state index contributed by atoms with van der Waals surface area (Å²) in [7, 11) is 0. The first-order valence-electron chi connectivity index (χ1n) is 11.0. The van der Waals surface area contributed by atoms with E-state index in [-0.39, 0.29) is 12.1 Å². The number of hydrogen-bond acceptors (Lipinski definition) is 5. The number of hydrogen-bond donors (Lipinski definition) is 1. The van der Waals surface area contributed by atoms with Gasteiger partial charge in [0, 0.05) is 11.3 Å². The van der Waals surface area contributed by atoms with E-state index in [4.69, 9.17) is 4.74 Å². The molecule has 3 aromatic rings.